The molecule has 0 aliphatic rings. The Morgan fingerprint density at radius 3 is 2.44 bits per heavy atom. The van der Waals surface area contributed by atoms with Crippen LogP contribution in [-0.4, -0.2) is 5.11 Å². The molecule has 0 aliphatic heterocycles. The van der Waals surface area contributed by atoms with Crippen molar-refractivity contribution in [2.45, 2.75) is 19.6 Å². The second-order valence-electron chi connectivity index (χ2n) is 3.92. The van der Waals surface area contributed by atoms with E-state index in [0.717, 1.165) is 11.3 Å². The Balaban J connectivity index is 2.14. The van der Waals surface area contributed by atoms with E-state index in [1.54, 1.807) is 0 Å². The molecule has 0 spiro atoms. The van der Waals surface area contributed by atoms with E-state index in [0.29, 0.717) is 6.54 Å². The largest absolute Gasteiger partial charge is 0.382 e. The molecule has 82 valence electrons. The Labute approximate surface area is 95.8 Å². The smallest absolute Gasteiger partial charge is 0.178 e. The average Bonchev–Trinajstić information content (AvgIpc) is 2.33. The van der Waals surface area contributed by atoms with Crippen LogP contribution in [0.15, 0.2) is 54.7 Å². The number of hydrogen-bond acceptors (Lipinski definition) is 1. The van der Waals surface area contributed by atoms with Gasteiger partial charge < -0.3 is 5.11 Å². The number of nitrogens with zero attached hydrogens (tertiary/aromatic N) is 1. The lowest BCUT2D eigenvalue weighted by Crippen LogP contribution is -2.39. The number of aliphatic hydroxyl groups is 1. The van der Waals surface area contributed by atoms with Crippen LogP contribution in [-0.2, 0) is 6.54 Å². The SMILES string of the molecule is Cc1cccc[n+]1CC(O)c1ccccc1. The summed E-state index contributed by atoms with van der Waals surface area (Å²) in [6.07, 6.45) is 1.54. The van der Waals surface area contributed by atoms with E-state index in [2.05, 4.69) is 4.57 Å². The minimum atomic E-state index is -0.452. The summed E-state index contributed by atoms with van der Waals surface area (Å²) in [6.45, 7) is 2.63. The third-order valence-corrected chi connectivity index (χ3v) is 2.72. The van der Waals surface area contributed by atoms with Gasteiger partial charge in [-0.05, 0) is 5.56 Å². The molecule has 1 atom stereocenters. The van der Waals surface area contributed by atoms with Gasteiger partial charge in [0.05, 0.1) is 0 Å². The van der Waals surface area contributed by atoms with Crippen molar-refractivity contribution in [3.63, 3.8) is 0 Å². The molecule has 0 saturated heterocycles. The first-order valence-corrected chi connectivity index (χ1v) is 5.45. The standard InChI is InChI=1S/C14H16NO/c1-12-7-5-6-10-15(12)11-14(16)13-8-3-2-4-9-13/h2-10,14,16H,11H2,1H3/q+1. The monoisotopic (exact) mass is 214 g/mol. The predicted molar refractivity (Wildman–Crippen MR) is 62.8 cm³/mol. The predicted octanol–water partition coefficient (Wildman–Crippen LogP) is 2.02. The molecule has 1 unspecified atom stereocenters. The lowest BCUT2D eigenvalue weighted by atomic mass is 10.1. The van der Waals surface area contributed by atoms with Gasteiger partial charge >= 0.3 is 0 Å². The van der Waals surface area contributed by atoms with Gasteiger partial charge in [-0.2, -0.15) is 4.57 Å². The fourth-order valence-electron chi connectivity index (χ4n) is 1.73. The van der Waals surface area contributed by atoms with Crippen molar-refractivity contribution in [2.75, 3.05) is 0 Å². The Hall–Kier alpha value is -1.67. The lowest BCUT2D eigenvalue weighted by Gasteiger charge is -2.08. The molecule has 1 heterocycles. The Bertz CT molecular complexity index is 453. The van der Waals surface area contributed by atoms with Crippen LogP contribution in [0.4, 0.5) is 0 Å². The van der Waals surface area contributed by atoms with Gasteiger partial charge in [0.1, 0.15) is 6.10 Å². The summed E-state index contributed by atoms with van der Waals surface area (Å²) in [5, 5.41) is 10.1. The maximum Gasteiger partial charge on any atom is 0.178 e. The number of aryl methyl sites for hydroxylation is 1. The molecule has 2 rings (SSSR count). The molecular formula is C14H16NO+. The van der Waals surface area contributed by atoms with Gasteiger partial charge in [-0.3, -0.25) is 0 Å². The summed E-state index contributed by atoms with van der Waals surface area (Å²) in [5.74, 6) is 0. The third-order valence-electron chi connectivity index (χ3n) is 2.72. The summed E-state index contributed by atoms with van der Waals surface area (Å²) in [6, 6.07) is 15.8. The van der Waals surface area contributed by atoms with Crippen LogP contribution < -0.4 is 4.57 Å². The van der Waals surface area contributed by atoms with Gasteiger partial charge in [0.2, 0.25) is 0 Å². The van der Waals surface area contributed by atoms with E-state index in [1.807, 2.05) is 61.7 Å². The molecular weight excluding hydrogens is 198 g/mol. The van der Waals surface area contributed by atoms with Crippen molar-refractivity contribution in [1.29, 1.82) is 0 Å². The minimum Gasteiger partial charge on any atom is -0.382 e. The molecule has 0 saturated carbocycles. The number of rotatable bonds is 3. The average molecular weight is 214 g/mol. The third kappa shape index (κ3) is 2.47. The van der Waals surface area contributed by atoms with Crippen LogP contribution in [0.5, 0.6) is 0 Å². The van der Waals surface area contributed by atoms with E-state index in [9.17, 15) is 5.11 Å². The van der Waals surface area contributed by atoms with Crippen LogP contribution in [0.1, 0.15) is 17.4 Å². The van der Waals surface area contributed by atoms with E-state index >= 15 is 0 Å². The molecule has 1 aromatic heterocycles. The van der Waals surface area contributed by atoms with Crippen molar-refractivity contribution in [2.24, 2.45) is 0 Å². The van der Waals surface area contributed by atoms with E-state index in [1.165, 1.54) is 0 Å². The molecule has 0 amide bonds. The van der Waals surface area contributed by atoms with Gasteiger partial charge in [0, 0.05) is 19.1 Å². The number of aliphatic hydroxyl groups excluding tert-OH is 1. The van der Waals surface area contributed by atoms with Gasteiger partial charge in [-0.25, -0.2) is 0 Å². The van der Waals surface area contributed by atoms with E-state index < -0.39 is 6.10 Å². The van der Waals surface area contributed by atoms with Crippen LogP contribution in [0.3, 0.4) is 0 Å². The zero-order valence-electron chi connectivity index (χ0n) is 9.38. The first-order valence-electron chi connectivity index (χ1n) is 5.45. The highest BCUT2D eigenvalue weighted by Gasteiger charge is 2.14. The topological polar surface area (TPSA) is 24.1 Å². The summed E-state index contributed by atoms with van der Waals surface area (Å²) in [5.41, 5.74) is 2.11. The van der Waals surface area contributed by atoms with Crippen molar-refractivity contribution in [1.82, 2.24) is 0 Å². The molecule has 0 aliphatic carbocycles. The quantitative estimate of drug-likeness (QED) is 0.776. The van der Waals surface area contributed by atoms with Gasteiger partial charge in [0.15, 0.2) is 18.4 Å². The molecule has 1 aromatic carbocycles. The fourth-order valence-corrected chi connectivity index (χ4v) is 1.73. The van der Waals surface area contributed by atoms with E-state index in [-0.39, 0.29) is 0 Å². The van der Waals surface area contributed by atoms with Gasteiger partial charge in [-0.15, -0.1) is 0 Å². The highest BCUT2D eigenvalue weighted by atomic mass is 16.3. The van der Waals surface area contributed by atoms with Crippen molar-refractivity contribution in [3.8, 4) is 0 Å². The minimum absolute atomic E-state index is 0.452. The summed E-state index contributed by atoms with van der Waals surface area (Å²) in [7, 11) is 0. The molecule has 2 aromatic rings. The number of aromatic nitrogens is 1. The second kappa shape index (κ2) is 4.90. The molecule has 0 radical (unpaired) electrons. The van der Waals surface area contributed by atoms with Crippen molar-refractivity contribution >= 4 is 0 Å². The second-order valence-corrected chi connectivity index (χ2v) is 3.92. The number of pyridine rings is 1. The molecule has 0 fully saturated rings. The van der Waals surface area contributed by atoms with Crippen molar-refractivity contribution in [3.05, 3.63) is 66.0 Å². The van der Waals surface area contributed by atoms with Crippen molar-refractivity contribution < 1.29 is 9.67 Å². The zero-order chi connectivity index (χ0) is 11.4. The molecule has 0 bridgehead atoms. The lowest BCUT2D eigenvalue weighted by molar-refractivity contribution is -0.710. The molecule has 2 heteroatoms. The van der Waals surface area contributed by atoms with Crippen LogP contribution in [0.25, 0.3) is 0 Å². The summed E-state index contributed by atoms with van der Waals surface area (Å²) in [4.78, 5) is 0. The first-order chi connectivity index (χ1) is 7.77. The van der Waals surface area contributed by atoms with Crippen LogP contribution in [0.2, 0.25) is 0 Å². The Kier molecular flexibility index (Phi) is 3.32. The van der Waals surface area contributed by atoms with Gasteiger partial charge in [-0.1, -0.05) is 36.4 Å². The van der Waals surface area contributed by atoms with Gasteiger partial charge in [0.25, 0.3) is 0 Å². The van der Waals surface area contributed by atoms with Crippen LogP contribution >= 0.6 is 0 Å². The highest BCUT2D eigenvalue weighted by molar-refractivity contribution is 5.16. The summed E-state index contributed by atoms with van der Waals surface area (Å²) >= 11 is 0. The maximum absolute atomic E-state index is 10.1. The highest BCUT2D eigenvalue weighted by Crippen LogP contribution is 2.11. The number of benzene rings is 1. The first kappa shape index (κ1) is 10.8. The maximum atomic E-state index is 10.1. The zero-order valence-corrected chi connectivity index (χ0v) is 9.38. The normalized spacial score (nSPS) is 12.4. The van der Waals surface area contributed by atoms with Crippen LogP contribution in [0, 0.1) is 6.92 Å². The summed E-state index contributed by atoms with van der Waals surface area (Å²) < 4.78 is 2.05. The molecule has 16 heavy (non-hydrogen) atoms. The molecule has 2 nitrogen and oxygen atoms in total. The Morgan fingerprint density at radius 1 is 1.06 bits per heavy atom. The Morgan fingerprint density at radius 2 is 1.75 bits per heavy atom. The molecule has 1 N–H and O–H groups in total. The number of hydrogen-bond donors (Lipinski definition) is 1. The van der Waals surface area contributed by atoms with E-state index in [4.69, 9.17) is 0 Å². The fraction of sp³-hybridized carbons (Fsp3) is 0.214.